The number of nitrogens with one attached hydrogen (secondary N) is 1. The Hall–Kier alpha value is -1.97. The van der Waals surface area contributed by atoms with Crippen molar-refractivity contribution in [2.75, 3.05) is 19.1 Å². The molecule has 2 aromatic rings. The quantitative estimate of drug-likeness (QED) is 0.365. The molecule has 0 fully saturated rings. The smallest absolute Gasteiger partial charge is 0.416 e. The minimum absolute atomic E-state index is 0.249. The van der Waals surface area contributed by atoms with Gasteiger partial charge in [0.15, 0.2) is 11.5 Å². The Morgan fingerprint density at radius 1 is 1.24 bits per heavy atom. The van der Waals surface area contributed by atoms with Crippen molar-refractivity contribution >= 4 is 34.5 Å². The Labute approximate surface area is 157 Å². The summed E-state index contributed by atoms with van der Waals surface area (Å²) in [6, 6.07) is 8.42. The monoisotopic (exact) mass is 464 g/mol. The van der Waals surface area contributed by atoms with Gasteiger partial charge in [0.25, 0.3) is 0 Å². The second-order valence-corrected chi connectivity index (χ2v) is 6.08. The van der Waals surface area contributed by atoms with E-state index >= 15 is 0 Å². The molecule has 0 aliphatic rings. The van der Waals surface area contributed by atoms with Crippen molar-refractivity contribution in [1.82, 2.24) is 0 Å². The second-order valence-electron chi connectivity index (χ2n) is 4.92. The summed E-state index contributed by atoms with van der Waals surface area (Å²) < 4.78 is 49.8. The minimum atomic E-state index is -4.39. The maximum absolute atomic E-state index is 12.7. The summed E-state index contributed by atoms with van der Waals surface area (Å²) >= 11 is 2.12. The molecular weight excluding hydrogens is 448 g/mol. The molecule has 2 aromatic carbocycles. The van der Waals surface area contributed by atoms with Gasteiger partial charge in [0.1, 0.15) is 0 Å². The van der Waals surface area contributed by atoms with Crippen LogP contribution in [0, 0.1) is 3.57 Å². The third kappa shape index (κ3) is 5.25. The molecule has 8 heteroatoms. The van der Waals surface area contributed by atoms with E-state index in [0.717, 1.165) is 21.3 Å². The van der Waals surface area contributed by atoms with E-state index < -0.39 is 11.7 Å². The Morgan fingerprint density at radius 3 is 2.64 bits per heavy atom. The van der Waals surface area contributed by atoms with E-state index in [0.29, 0.717) is 18.1 Å². The molecule has 0 aliphatic heterocycles. The molecule has 0 bridgehead atoms. The zero-order chi connectivity index (χ0) is 18.4. The molecule has 0 aliphatic carbocycles. The van der Waals surface area contributed by atoms with Crippen molar-refractivity contribution in [3.63, 3.8) is 0 Å². The molecule has 0 aromatic heterocycles. The van der Waals surface area contributed by atoms with Gasteiger partial charge in [0.05, 0.1) is 34.8 Å². The number of hydrazone groups is 1. The molecule has 2 rings (SSSR count). The minimum Gasteiger partial charge on any atom is -0.493 e. The molecule has 25 heavy (non-hydrogen) atoms. The van der Waals surface area contributed by atoms with Gasteiger partial charge < -0.3 is 9.47 Å². The zero-order valence-corrected chi connectivity index (χ0v) is 15.7. The summed E-state index contributed by atoms with van der Waals surface area (Å²) in [5, 5.41) is 3.99. The topological polar surface area (TPSA) is 42.8 Å². The molecule has 0 saturated carbocycles. The van der Waals surface area contributed by atoms with Crippen LogP contribution in [0.1, 0.15) is 18.1 Å². The van der Waals surface area contributed by atoms with Crippen LogP contribution in [-0.2, 0) is 6.18 Å². The van der Waals surface area contributed by atoms with E-state index in [9.17, 15) is 13.2 Å². The standard InChI is InChI=1S/C17H16F3IN2O2/c1-3-25-16-14(21)7-11(8-15(16)24-2)10-22-23-13-6-4-5-12(9-13)17(18,19)20/h4-10,23H,3H2,1-2H3/b22-10-. The largest absolute Gasteiger partial charge is 0.493 e. The number of anilines is 1. The summed E-state index contributed by atoms with van der Waals surface area (Å²) in [6.07, 6.45) is -2.89. The van der Waals surface area contributed by atoms with Crippen molar-refractivity contribution in [1.29, 1.82) is 0 Å². The first kappa shape index (κ1) is 19.4. The summed E-state index contributed by atoms with van der Waals surface area (Å²) in [4.78, 5) is 0. The van der Waals surface area contributed by atoms with E-state index in [2.05, 4.69) is 33.1 Å². The highest BCUT2D eigenvalue weighted by Crippen LogP contribution is 2.33. The molecule has 0 heterocycles. The summed E-state index contributed by atoms with van der Waals surface area (Å²) in [6.45, 7) is 2.39. The number of nitrogens with zero attached hydrogens (tertiary/aromatic N) is 1. The van der Waals surface area contributed by atoms with E-state index in [1.54, 1.807) is 6.07 Å². The molecule has 134 valence electrons. The van der Waals surface area contributed by atoms with Gasteiger partial charge in [-0.3, -0.25) is 5.43 Å². The maximum Gasteiger partial charge on any atom is 0.416 e. The van der Waals surface area contributed by atoms with Crippen LogP contribution in [0.15, 0.2) is 41.5 Å². The predicted octanol–water partition coefficient (Wildman–Crippen LogP) is 5.16. The van der Waals surface area contributed by atoms with Crippen molar-refractivity contribution in [3.05, 3.63) is 51.1 Å². The van der Waals surface area contributed by atoms with Crippen molar-refractivity contribution in [2.24, 2.45) is 5.10 Å². The molecule has 0 unspecified atom stereocenters. The summed E-state index contributed by atoms with van der Waals surface area (Å²) in [7, 11) is 1.54. The lowest BCUT2D eigenvalue weighted by atomic mass is 10.2. The van der Waals surface area contributed by atoms with E-state index in [1.165, 1.54) is 25.5 Å². The normalized spacial score (nSPS) is 11.6. The van der Waals surface area contributed by atoms with Crippen LogP contribution in [0.25, 0.3) is 0 Å². The van der Waals surface area contributed by atoms with Gasteiger partial charge >= 0.3 is 6.18 Å². The molecule has 0 atom stereocenters. The first-order chi connectivity index (χ1) is 11.8. The number of hydrogen-bond donors (Lipinski definition) is 1. The number of hydrogen-bond acceptors (Lipinski definition) is 4. The number of ether oxygens (including phenoxy) is 2. The number of rotatable bonds is 6. The third-order valence-electron chi connectivity index (χ3n) is 3.14. The lowest BCUT2D eigenvalue weighted by Gasteiger charge is -2.12. The fraction of sp³-hybridized carbons (Fsp3) is 0.235. The molecule has 0 radical (unpaired) electrons. The Morgan fingerprint density at radius 2 is 2.00 bits per heavy atom. The van der Waals surface area contributed by atoms with Crippen LogP contribution in [0.2, 0.25) is 0 Å². The fourth-order valence-electron chi connectivity index (χ4n) is 2.05. The molecule has 1 N–H and O–H groups in total. The van der Waals surface area contributed by atoms with Crippen LogP contribution in [-0.4, -0.2) is 19.9 Å². The maximum atomic E-state index is 12.7. The molecule has 0 saturated heterocycles. The van der Waals surface area contributed by atoms with Gasteiger partial charge in [-0.2, -0.15) is 18.3 Å². The van der Waals surface area contributed by atoms with Gasteiger partial charge in [-0.25, -0.2) is 0 Å². The molecule has 0 spiro atoms. The number of halogens is 4. The predicted molar refractivity (Wildman–Crippen MR) is 99.5 cm³/mol. The molecule has 0 amide bonds. The van der Waals surface area contributed by atoms with Gasteiger partial charge in [0, 0.05) is 0 Å². The summed E-state index contributed by atoms with van der Waals surface area (Å²) in [5.74, 6) is 1.21. The fourth-order valence-corrected chi connectivity index (χ4v) is 2.83. The van der Waals surface area contributed by atoms with Crippen molar-refractivity contribution in [3.8, 4) is 11.5 Å². The molecular formula is C17H16F3IN2O2. The zero-order valence-electron chi connectivity index (χ0n) is 13.5. The van der Waals surface area contributed by atoms with Crippen LogP contribution in [0.5, 0.6) is 11.5 Å². The van der Waals surface area contributed by atoms with Crippen LogP contribution < -0.4 is 14.9 Å². The SMILES string of the molecule is CCOc1c(I)cc(/C=N\Nc2cccc(C(F)(F)F)c2)cc1OC. The Bertz CT molecular complexity index is 764. The average Bonchev–Trinajstić information content (AvgIpc) is 2.56. The Kier molecular flexibility index (Phi) is 6.51. The number of alkyl halides is 3. The Balaban J connectivity index is 2.16. The first-order valence-corrected chi connectivity index (χ1v) is 8.39. The highest BCUT2D eigenvalue weighted by molar-refractivity contribution is 14.1. The summed E-state index contributed by atoms with van der Waals surface area (Å²) in [5.41, 5.74) is 2.84. The third-order valence-corrected chi connectivity index (χ3v) is 3.94. The van der Waals surface area contributed by atoms with Gasteiger partial charge in [0.2, 0.25) is 0 Å². The van der Waals surface area contributed by atoms with E-state index in [-0.39, 0.29) is 5.69 Å². The lowest BCUT2D eigenvalue weighted by molar-refractivity contribution is -0.137. The lowest BCUT2D eigenvalue weighted by Crippen LogP contribution is -2.05. The van der Waals surface area contributed by atoms with Crippen molar-refractivity contribution in [2.45, 2.75) is 13.1 Å². The van der Waals surface area contributed by atoms with Gasteiger partial charge in [-0.1, -0.05) is 6.07 Å². The highest BCUT2D eigenvalue weighted by Gasteiger charge is 2.30. The number of benzene rings is 2. The van der Waals surface area contributed by atoms with Gasteiger partial charge in [-0.05, 0) is 65.4 Å². The first-order valence-electron chi connectivity index (χ1n) is 7.31. The van der Waals surface area contributed by atoms with Crippen LogP contribution in [0.4, 0.5) is 18.9 Å². The van der Waals surface area contributed by atoms with Crippen LogP contribution in [0.3, 0.4) is 0 Å². The number of methoxy groups -OCH3 is 1. The van der Waals surface area contributed by atoms with E-state index in [4.69, 9.17) is 9.47 Å². The average molecular weight is 464 g/mol. The van der Waals surface area contributed by atoms with E-state index in [1.807, 2.05) is 13.0 Å². The van der Waals surface area contributed by atoms with Gasteiger partial charge in [-0.15, -0.1) is 0 Å². The van der Waals surface area contributed by atoms with Crippen LogP contribution >= 0.6 is 22.6 Å². The highest BCUT2D eigenvalue weighted by atomic mass is 127. The molecule has 4 nitrogen and oxygen atoms in total. The second kappa shape index (κ2) is 8.41. The van der Waals surface area contributed by atoms with Crippen molar-refractivity contribution < 1.29 is 22.6 Å².